The highest BCUT2D eigenvalue weighted by Crippen LogP contribution is 2.42. The van der Waals surface area contributed by atoms with Crippen LogP contribution in [0, 0.1) is 0 Å². The summed E-state index contributed by atoms with van der Waals surface area (Å²) in [6.45, 7) is 0. The maximum Gasteiger partial charge on any atom is 0.259 e. The first-order valence-corrected chi connectivity index (χ1v) is 11.1. The first-order chi connectivity index (χ1) is 15.1. The average molecular weight is 472 g/mol. The Kier molecular flexibility index (Phi) is 4.05. The molecule has 0 fully saturated rings. The second kappa shape index (κ2) is 6.82. The lowest BCUT2D eigenvalue weighted by atomic mass is 9.97. The first kappa shape index (κ1) is 18.4. The Morgan fingerprint density at radius 1 is 0.742 bits per heavy atom. The van der Waals surface area contributed by atoms with E-state index in [1.54, 1.807) is 0 Å². The molecule has 31 heavy (non-hydrogen) atoms. The smallest absolute Gasteiger partial charge is 0.259 e. The van der Waals surface area contributed by atoms with Crippen molar-refractivity contribution in [2.24, 2.45) is 0 Å². The number of carbonyl (C=O) groups is 2. The maximum absolute atomic E-state index is 12.7. The van der Waals surface area contributed by atoms with Crippen molar-refractivity contribution < 1.29 is 9.59 Å². The third kappa shape index (κ3) is 2.68. The van der Waals surface area contributed by atoms with Crippen LogP contribution in [0.2, 0.25) is 0 Å². The molecule has 7 rings (SSSR count). The van der Waals surface area contributed by atoms with Gasteiger partial charge in [-0.25, -0.2) is 0 Å². The summed E-state index contributed by atoms with van der Waals surface area (Å²) < 4.78 is 0.918. The topological polar surface area (TPSA) is 77.8 Å². The van der Waals surface area contributed by atoms with Crippen molar-refractivity contribution in [3.05, 3.63) is 70.2 Å². The molecule has 2 aliphatic rings. The number of nitrogens with one attached hydrogen (secondary N) is 3. The molecule has 1 aliphatic heterocycles. The predicted octanol–water partition coefficient (Wildman–Crippen LogP) is 6.33. The highest BCUT2D eigenvalue weighted by molar-refractivity contribution is 9.10. The number of imide groups is 1. The summed E-state index contributed by atoms with van der Waals surface area (Å²) in [4.78, 5) is 32.1. The number of H-pyrrole nitrogens is 2. The van der Waals surface area contributed by atoms with Crippen LogP contribution in [0.4, 0.5) is 0 Å². The van der Waals surface area contributed by atoms with Crippen molar-refractivity contribution in [2.45, 2.75) is 19.3 Å². The van der Waals surface area contributed by atoms with E-state index < -0.39 is 0 Å². The number of benzene rings is 3. The minimum Gasteiger partial charge on any atom is -0.353 e. The van der Waals surface area contributed by atoms with Crippen LogP contribution in [-0.4, -0.2) is 21.8 Å². The predicted molar refractivity (Wildman–Crippen MR) is 128 cm³/mol. The van der Waals surface area contributed by atoms with Gasteiger partial charge in [-0.1, -0.05) is 46.3 Å². The second-order valence-electron chi connectivity index (χ2n) is 7.92. The normalized spacial score (nSPS) is 15.1. The molecule has 1 aliphatic carbocycles. The number of carbonyl (C=O) groups excluding carboxylic acids is 2. The number of aromatic amines is 2. The van der Waals surface area contributed by atoms with Crippen molar-refractivity contribution in [1.82, 2.24) is 15.3 Å². The molecule has 5 aromatic rings. The van der Waals surface area contributed by atoms with E-state index in [9.17, 15) is 9.59 Å². The molecule has 0 bridgehead atoms. The molecule has 0 atom stereocenters. The van der Waals surface area contributed by atoms with Crippen LogP contribution in [0.3, 0.4) is 0 Å². The Bertz CT molecular complexity index is 1580. The third-order valence-corrected chi connectivity index (χ3v) is 6.55. The molecule has 3 N–H and O–H groups in total. The summed E-state index contributed by atoms with van der Waals surface area (Å²) in [6, 6.07) is 13.7. The molecule has 0 radical (unpaired) electrons. The molecule has 3 aromatic carbocycles. The Balaban J connectivity index is 0.000000329. The zero-order valence-electron chi connectivity index (χ0n) is 16.5. The molecule has 0 saturated heterocycles. The van der Waals surface area contributed by atoms with Gasteiger partial charge >= 0.3 is 0 Å². The van der Waals surface area contributed by atoms with E-state index >= 15 is 0 Å². The molecule has 5 nitrogen and oxygen atoms in total. The van der Waals surface area contributed by atoms with Gasteiger partial charge in [-0.05, 0) is 43.5 Å². The van der Waals surface area contributed by atoms with Gasteiger partial charge in [-0.2, -0.15) is 0 Å². The Morgan fingerprint density at radius 3 is 2.00 bits per heavy atom. The Labute approximate surface area is 185 Å². The number of hydrogen-bond donors (Lipinski definition) is 3. The van der Waals surface area contributed by atoms with E-state index in [0.717, 1.165) is 48.1 Å². The fourth-order valence-electron chi connectivity index (χ4n) is 4.72. The molecular weight excluding hydrogens is 454 g/mol. The molecule has 6 heteroatoms. The van der Waals surface area contributed by atoms with Gasteiger partial charge in [0, 0.05) is 37.1 Å². The number of allylic oxidation sites excluding steroid dienone is 2. The summed E-state index contributed by atoms with van der Waals surface area (Å²) in [5.74, 6) is -0.686. The van der Waals surface area contributed by atoms with Crippen LogP contribution in [-0.2, 0) is 0 Å². The van der Waals surface area contributed by atoms with Crippen LogP contribution in [0.25, 0.3) is 43.6 Å². The summed E-state index contributed by atoms with van der Waals surface area (Å²) in [7, 11) is 0. The molecular formula is C25H18BrN3O2. The molecule has 0 saturated carbocycles. The fourth-order valence-corrected chi connectivity index (χ4v) is 5.08. The van der Waals surface area contributed by atoms with Crippen LogP contribution in [0.1, 0.15) is 40.0 Å². The highest BCUT2D eigenvalue weighted by atomic mass is 79.9. The first-order valence-electron chi connectivity index (χ1n) is 10.3. The van der Waals surface area contributed by atoms with E-state index in [4.69, 9.17) is 0 Å². The lowest BCUT2D eigenvalue weighted by molar-refractivity contribution is 0.0880. The summed E-state index contributed by atoms with van der Waals surface area (Å²) in [5.41, 5.74) is 4.44. The van der Waals surface area contributed by atoms with Gasteiger partial charge in [-0.15, -0.1) is 0 Å². The van der Waals surface area contributed by atoms with Crippen LogP contribution in [0.5, 0.6) is 0 Å². The van der Waals surface area contributed by atoms with Crippen molar-refractivity contribution in [1.29, 1.82) is 0 Å². The Morgan fingerprint density at radius 2 is 1.35 bits per heavy atom. The molecule has 2 amide bonds. The van der Waals surface area contributed by atoms with Gasteiger partial charge < -0.3 is 9.97 Å². The zero-order valence-corrected chi connectivity index (χ0v) is 18.1. The van der Waals surface area contributed by atoms with Crippen LogP contribution < -0.4 is 5.32 Å². The molecule has 0 unspecified atom stereocenters. The fraction of sp³-hybridized carbons (Fsp3) is 0.120. The largest absolute Gasteiger partial charge is 0.353 e. The minimum absolute atomic E-state index is 0.342. The number of hydrogen-bond acceptors (Lipinski definition) is 2. The molecule has 3 heterocycles. The van der Waals surface area contributed by atoms with E-state index in [2.05, 4.69) is 43.4 Å². The van der Waals surface area contributed by atoms with Crippen LogP contribution in [0.15, 0.2) is 59.1 Å². The maximum atomic E-state index is 12.7. The minimum atomic E-state index is -0.344. The molecule has 152 valence electrons. The summed E-state index contributed by atoms with van der Waals surface area (Å²) >= 11 is 3.50. The lowest BCUT2D eigenvalue weighted by Crippen LogP contribution is -2.20. The number of rotatable bonds is 0. The van der Waals surface area contributed by atoms with Crippen molar-refractivity contribution >= 4 is 71.4 Å². The van der Waals surface area contributed by atoms with Gasteiger partial charge in [-0.3, -0.25) is 14.9 Å². The number of fused-ring (bicyclic) bond motifs is 10. The van der Waals surface area contributed by atoms with E-state index in [-0.39, 0.29) is 11.8 Å². The molecule has 2 aromatic heterocycles. The molecule has 0 spiro atoms. The summed E-state index contributed by atoms with van der Waals surface area (Å²) in [5, 5.41) is 5.89. The van der Waals surface area contributed by atoms with E-state index in [0.29, 0.717) is 11.1 Å². The average Bonchev–Trinajstić information content (AvgIpc) is 3.54. The summed E-state index contributed by atoms with van der Waals surface area (Å²) in [6.07, 6.45) is 8.50. The van der Waals surface area contributed by atoms with Crippen molar-refractivity contribution in [2.75, 3.05) is 0 Å². The zero-order chi connectivity index (χ0) is 21.1. The van der Waals surface area contributed by atoms with E-state index in [1.165, 1.54) is 19.3 Å². The third-order valence-electron chi connectivity index (χ3n) is 6.06. The monoisotopic (exact) mass is 471 g/mol. The number of halogens is 1. The highest BCUT2D eigenvalue weighted by Gasteiger charge is 2.34. The number of para-hydroxylation sites is 1. The SMILES string of the molecule is C1=CCCC1.O=C1NC(=O)c2c1c1c3ccccc3[nH]c1c1[nH]c3ccc(Br)cc3c21. The van der Waals surface area contributed by atoms with Gasteiger partial charge in [0.25, 0.3) is 11.8 Å². The van der Waals surface area contributed by atoms with Gasteiger partial charge in [0.05, 0.1) is 22.2 Å². The number of amides is 2. The Hall–Kier alpha value is -3.38. The standard InChI is InChI=1S/C20H10BrN3O2.C5H8/c21-8-5-6-12-10(7-8)14-16-15(19(25)24-20(16)26)13-9-3-1-2-4-11(9)22-17(13)18(14)23-12;1-2-4-5-3-1/h1-7,22-23H,(H,24,25,26);1-2H,3-5H2. The second-order valence-corrected chi connectivity index (χ2v) is 8.84. The van der Waals surface area contributed by atoms with Gasteiger partial charge in [0.2, 0.25) is 0 Å². The van der Waals surface area contributed by atoms with Crippen molar-refractivity contribution in [3.8, 4) is 0 Å². The quantitative estimate of drug-likeness (QED) is 0.182. The van der Waals surface area contributed by atoms with Gasteiger partial charge in [0.15, 0.2) is 0 Å². The van der Waals surface area contributed by atoms with Crippen molar-refractivity contribution in [3.63, 3.8) is 0 Å². The van der Waals surface area contributed by atoms with Crippen LogP contribution >= 0.6 is 15.9 Å². The van der Waals surface area contributed by atoms with Gasteiger partial charge in [0.1, 0.15) is 0 Å². The number of aromatic nitrogens is 2. The lowest BCUT2D eigenvalue weighted by Gasteiger charge is -2.03. The van der Waals surface area contributed by atoms with E-state index in [1.807, 2.05) is 42.5 Å².